The Morgan fingerprint density at radius 1 is 1.56 bits per heavy atom. The van der Waals surface area contributed by atoms with Crippen molar-refractivity contribution in [1.29, 1.82) is 0 Å². The molecule has 1 aliphatic heterocycles. The predicted molar refractivity (Wildman–Crippen MR) is 65.8 cm³/mol. The highest BCUT2D eigenvalue weighted by Crippen LogP contribution is 2.24. The van der Waals surface area contributed by atoms with Gasteiger partial charge in [-0.15, -0.1) is 0 Å². The summed E-state index contributed by atoms with van der Waals surface area (Å²) in [7, 11) is 0. The fourth-order valence-electron chi connectivity index (χ4n) is 1.57. The van der Waals surface area contributed by atoms with Gasteiger partial charge in [-0.3, -0.25) is 0 Å². The number of esters is 1. The van der Waals surface area contributed by atoms with Crippen LogP contribution >= 0.6 is 11.8 Å². The van der Waals surface area contributed by atoms with E-state index in [9.17, 15) is 4.79 Å². The van der Waals surface area contributed by atoms with Crippen molar-refractivity contribution >= 4 is 17.7 Å². The lowest BCUT2D eigenvalue weighted by Crippen LogP contribution is -2.27. The summed E-state index contributed by atoms with van der Waals surface area (Å²) >= 11 is 2.04. The van der Waals surface area contributed by atoms with E-state index in [-0.39, 0.29) is 12.6 Å². The predicted octanol–water partition coefficient (Wildman–Crippen LogP) is 1.05. The molecule has 94 valence electrons. The first-order chi connectivity index (χ1) is 7.83. The highest BCUT2D eigenvalue weighted by atomic mass is 32.2. The van der Waals surface area contributed by atoms with E-state index < -0.39 is 0 Å². The number of carbonyl (C=O) groups is 1. The van der Waals surface area contributed by atoms with Crippen LogP contribution in [0.3, 0.4) is 0 Å². The Hall–Kier alpha value is -0.260. The lowest BCUT2D eigenvalue weighted by atomic mass is 10.2. The van der Waals surface area contributed by atoms with Crippen molar-refractivity contribution in [3.05, 3.63) is 0 Å². The molecule has 1 unspecified atom stereocenters. The zero-order valence-electron chi connectivity index (χ0n) is 9.87. The first-order valence-corrected chi connectivity index (χ1v) is 6.93. The van der Waals surface area contributed by atoms with Crippen LogP contribution in [0.15, 0.2) is 0 Å². The number of carbonyl (C=O) groups excluding carboxylic acids is 1. The summed E-state index contributed by atoms with van der Waals surface area (Å²) in [5.41, 5.74) is 0. The summed E-state index contributed by atoms with van der Waals surface area (Å²) in [4.78, 5) is 10.9. The maximum atomic E-state index is 10.9. The lowest BCUT2D eigenvalue weighted by molar-refractivity contribution is -0.148. The monoisotopic (exact) mass is 247 g/mol. The van der Waals surface area contributed by atoms with Crippen LogP contribution in [0.4, 0.5) is 0 Å². The van der Waals surface area contributed by atoms with Crippen molar-refractivity contribution in [3.63, 3.8) is 0 Å². The van der Waals surface area contributed by atoms with Gasteiger partial charge in [0.05, 0.1) is 13.2 Å². The number of ether oxygens (including phenoxy) is 2. The van der Waals surface area contributed by atoms with Crippen LogP contribution in [0.1, 0.15) is 19.8 Å². The van der Waals surface area contributed by atoms with Crippen molar-refractivity contribution in [2.24, 2.45) is 0 Å². The molecule has 16 heavy (non-hydrogen) atoms. The smallest absolute Gasteiger partial charge is 0.332 e. The molecule has 1 atom stereocenters. The minimum atomic E-state index is -0.283. The summed E-state index contributed by atoms with van der Waals surface area (Å²) < 4.78 is 9.91. The van der Waals surface area contributed by atoms with Gasteiger partial charge < -0.3 is 14.8 Å². The molecule has 0 aromatic rings. The van der Waals surface area contributed by atoms with Crippen LogP contribution in [0, 0.1) is 0 Å². The van der Waals surface area contributed by atoms with Gasteiger partial charge in [-0.05, 0) is 25.5 Å². The second-order valence-electron chi connectivity index (χ2n) is 3.70. The lowest BCUT2D eigenvalue weighted by Gasteiger charge is -2.09. The third-order valence-corrected chi connectivity index (χ3v) is 3.74. The first-order valence-electron chi connectivity index (χ1n) is 5.88. The molecule has 0 radical (unpaired) electrons. The van der Waals surface area contributed by atoms with Gasteiger partial charge in [0.25, 0.3) is 0 Å². The van der Waals surface area contributed by atoms with Crippen molar-refractivity contribution in [2.45, 2.75) is 25.0 Å². The Morgan fingerprint density at radius 3 is 3.12 bits per heavy atom. The van der Waals surface area contributed by atoms with Crippen LogP contribution in [0.5, 0.6) is 0 Å². The Morgan fingerprint density at radius 2 is 2.44 bits per heavy atom. The topological polar surface area (TPSA) is 47.6 Å². The van der Waals surface area contributed by atoms with Gasteiger partial charge in [0, 0.05) is 18.3 Å². The molecule has 5 heteroatoms. The molecule has 1 rings (SSSR count). The average Bonchev–Trinajstić information content (AvgIpc) is 2.76. The largest absolute Gasteiger partial charge is 0.464 e. The maximum Gasteiger partial charge on any atom is 0.332 e. The van der Waals surface area contributed by atoms with Crippen LogP contribution in [-0.2, 0) is 14.3 Å². The van der Waals surface area contributed by atoms with E-state index in [0.717, 1.165) is 18.3 Å². The molecule has 4 nitrogen and oxygen atoms in total. The van der Waals surface area contributed by atoms with E-state index >= 15 is 0 Å². The van der Waals surface area contributed by atoms with Crippen LogP contribution < -0.4 is 5.32 Å². The Kier molecular flexibility index (Phi) is 7.63. The van der Waals surface area contributed by atoms with Crippen LogP contribution in [0.2, 0.25) is 0 Å². The summed E-state index contributed by atoms with van der Waals surface area (Å²) in [6.45, 7) is 4.69. The van der Waals surface area contributed by atoms with E-state index in [1.165, 1.54) is 18.6 Å². The van der Waals surface area contributed by atoms with E-state index in [1.807, 2.05) is 11.8 Å². The molecule has 1 N–H and O–H groups in total. The van der Waals surface area contributed by atoms with E-state index in [1.54, 1.807) is 6.92 Å². The van der Waals surface area contributed by atoms with Gasteiger partial charge in [-0.25, -0.2) is 4.79 Å². The van der Waals surface area contributed by atoms with Crippen LogP contribution in [0.25, 0.3) is 0 Å². The zero-order valence-corrected chi connectivity index (χ0v) is 10.7. The summed E-state index contributed by atoms with van der Waals surface area (Å²) in [6, 6.07) is 0. The van der Waals surface area contributed by atoms with Crippen molar-refractivity contribution in [3.8, 4) is 0 Å². The maximum absolute atomic E-state index is 10.9. The van der Waals surface area contributed by atoms with E-state index in [0.29, 0.717) is 13.2 Å². The fourth-order valence-corrected chi connectivity index (χ4v) is 2.81. The standard InChI is InChI=1S/C11H21NO3S/c1-2-15-11(13)9-14-6-5-12-8-10-4-3-7-16-10/h10,12H,2-9H2,1H3. The van der Waals surface area contributed by atoms with Crippen molar-refractivity contribution < 1.29 is 14.3 Å². The van der Waals surface area contributed by atoms with Crippen molar-refractivity contribution in [1.82, 2.24) is 5.32 Å². The van der Waals surface area contributed by atoms with Gasteiger partial charge in [-0.1, -0.05) is 0 Å². The molecule has 0 aliphatic carbocycles. The molecule has 0 bridgehead atoms. The molecule has 1 heterocycles. The molecule has 0 aromatic carbocycles. The Bertz CT molecular complexity index is 196. The molecular formula is C11H21NO3S. The number of thioether (sulfide) groups is 1. The fraction of sp³-hybridized carbons (Fsp3) is 0.909. The average molecular weight is 247 g/mol. The summed E-state index contributed by atoms with van der Waals surface area (Å²) in [5, 5.41) is 4.10. The van der Waals surface area contributed by atoms with Gasteiger partial charge >= 0.3 is 5.97 Å². The molecular weight excluding hydrogens is 226 g/mol. The highest BCUT2D eigenvalue weighted by Gasteiger charge is 2.14. The Labute approximate surface area is 101 Å². The van der Waals surface area contributed by atoms with Gasteiger partial charge in [0.2, 0.25) is 0 Å². The van der Waals surface area contributed by atoms with E-state index in [2.05, 4.69) is 5.32 Å². The minimum absolute atomic E-state index is 0.0632. The quantitative estimate of drug-likeness (QED) is 0.513. The first kappa shape index (κ1) is 13.8. The third-order valence-electron chi connectivity index (χ3n) is 2.34. The normalized spacial score (nSPS) is 19.9. The minimum Gasteiger partial charge on any atom is -0.464 e. The molecule has 0 aromatic heterocycles. The van der Waals surface area contributed by atoms with Crippen LogP contribution in [-0.4, -0.2) is 49.9 Å². The third kappa shape index (κ3) is 6.35. The Balaban J connectivity index is 1.82. The second-order valence-corrected chi connectivity index (χ2v) is 5.11. The second kappa shape index (κ2) is 8.84. The number of hydrogen-bond donors (Lipinski definition) is 1. The molecule has 1 aliphatic rings. The molecule has 0 saturated carbocycles. The van der Waals surface area contributed by atoms with Gasteiger partial charge in [-0.2, -0.15) is 11.8 Å². The zero-order chi connectivity index (χ0) is 11.6. The van der Waals surface area contributed by atoms with E-state index in [4.69, 9.17) is 9.47 Å². The number of nitrogens with one attached hydrogen (secondary N) is 1. The van der Waals surface area contributed by atoms with Crippen molar-refractivity contribution in [2.75, 3.05) is 38.7 Å². The number of hydrogen-bond acceptors (Lipinski definition) is 5. The molecule has 1 fully saturated rings. The SMILES string of the molecule is CCOC(=O)COCCNCC1CCCS1. The molecule has 0 spiro atoms. The molecule has 0 amide bonds. The molecule has 1 saturated heterocycles. The van der Waals surface area contributed by atoms with Gasteiger partial charge in [0.1, 0.15) is 6.61 Å². The van der Waals surface area contributed by atoms with Gasteiger partial charge in [0.15, 0.2) is 0 Å². The highest BCUT2D eigenvalue weighted by molar-refractivity contribution is 8.00. The summed E-state index contributed by atoms with van der Waals surface area (Å²) in [6.07, 6.45) is 2.66. The number of rotatable bonds is 8. The summed E-state index contributed by atoms with van der Waals surface area (Å²) in [5.74, 6) is 1.01.